The van der Waals surface area contributed by atoms with Crippen molar-refractivity contribution in [3.05, 3.63) is 66.1 Å². The molecule has 5 rings (SSSR count). The third-order valence-electron chi connectivity index (χ3n) is 5.53. The van der Waals surface area contributed by atoms with Gasteiger partial charge in [-0.1, -0.05) is 18.2 Å². The first kappa shape index (κ1) is 19.3. The zero-order chi connectivity index (χ0) is 21.6. The number of carbonyl (C=O) groups is 1. The molecule has 0 bridgehead atoms. The molecule has 1 atom stereocenters. The van der Waals surface area contributed by atoms with Crippen LogP contribution in [0.25, 0.3) is 16.6 Å². The number of hydrogen-bond donors (Lipinski definition) is 0. The Bertz CT molecular complexity index is 1290. The van der Waals surface area contributed by atoms with Crippen LogP contribution in [0, 0.1) is 6.92 Å². The number of halogens is 2. The third kappa shape index (κ3) is 3.45. The molecule has 1 fully saturated rings. The Morgan fingerprint density at radius 2 is 1.97 bits per heavy atom. The Labute approximate surface area is 176 Å². The van der Waals surface area contributed by atoms with Crippen LogP contribution in [0.15, 0.2) is 54.7 Å². The van der Waals surface area contributed by atoms with Crippen LogP contribution < -0.4 is 4.74 Å². The number of likely N-dealkylation sites (tertiary alicyclic amines) is 1. The molecule has 4 aromatic rings. The molecule has 1 aliphatic rings. The maximum absolute atomic E-state index is 14.6. The van der Waals surface area contributed by atoms with Gasteiger partial charge < -0.3 is 9.64 Å². The van der Waals surface area contributed by atoms with Gasteiger partial charge in [0.25, 0.3) is 11.8 Å². The summed E-state index contributed by atoms with van der Waals surface area (Å²) in [7, 11) is 0. The highest BCUT2D eigenvalue weighted by Crippen LogP contribution is 2.32. The molecule has 1 amide bonds. The quantitative estimate of drug-likeness (QED) is 0.504. The normalized spacial score (nSPS) is 18.4. The van der Waals surface area contributed by atoms with E-state index in [1.54, 1.807) is 47.9 Å². The number of pyridine rings is 2. The molecular formula is C22H19F2N5O2. The van der Waals surface area contributed by atoms with E-state index in [1.807, 2.05) is 18.2 Å². The SMILES string of the molecule is Cc1nnc2c(C(=O)N3CCC(F)(F)C(Oc4ccc5ccccc5n4)C3)cccn12. The van der Waals surface area contributed by atoms with Crippen molar-refractivity contribution in [3.8, 4) is 5.88 Å². The van der Waals surface area contributed by atoms with E-state index in [0.29, 0.717) is 22.6 Å². The van der Waals surface area contributed by atoms with Gasteiger partial charge in [0, 0.05) is 30.6 Å². The second-order valence-corrected chi connectivity index (χ2v) is 7.57. The van der Waals surface area contributed by atoms with Gasteiger partial charge in [-0.2, -0.15) is 0 Å². The van der Waals surface area contributed by atoms with E-state index in [4.69, 9.17) is 4.74 Å². The summed E-state index contributed by atoms with van der Waals surface area (Å²) >= 11 is 0. The molecule has 1 unspecified atom stereocenters. The molecule has 0 spiro atoms. The predicted octanol–water partition coefficient (Wildman–Crippen LogP) is 3.51. The summed E-state index contributed by atoms with van der Waals surface area (Å²) in [5, 5.41) is 8.93. The minimum Gasteiger partial charge on any atom is -0.466 e. The monoisotopic (exact) mass is 423 g/mol. The van der Waals surface area contributed by atoms with E-state index in [1.165, 1.54) is 4.90 Å². The van der Waals surface area contributed by atoms with Gasteiger partial charge in [-0.3, -0.25) is 9.20 Å². The van der Waals surface area contributed by atoms with E-state index in [-0.39, 0.29) is 24.9 Å². The van der Waals surface area contributed by atoms with Crippen molar-refractivity contribution < 1.29 is 18.3 Å². The third-order valence-corrected chi connectivity index (χ3v) is 5.53. The fourth-order valence-corrected chi connectivity index (χ4v) is 3.81. The van der Waals surface area contributed by atoms with Crippen molar-refractivity contribution in [2.24, 2.45) is 0 Å². The lowest BCUT2D eigenvalue weighted by molar-refractivity contribution is -0.131. The van der Waals surface area contributed by atoms with Crippen molar-refractivity contribution in [3.63, 3.8) is 0 Å². The maximum Gasteiger partial charge on any atom is 0.287 e. The Hall–Kier alpha value is -3.62. The number of ether oxygens (including phenoxy) is 1. The van der Waals surface area contributed by atoms with Crippen LogP contribution in [0.3, 0.4) is 0 Å². The molecule has 9 heteroatoms. The van der Waals surface area contributed by atoms with Crippen molar-refractivity contribution in [2.75, 3.05) is 13.1 Å². The Kier molecular flexibility index (Phi) is 4.53. The lowest BCUT2D eigenvalue weighted by atomic mass is 10.0. The smallest absolute Gasteiger partial charge is 0.287 e. The number of alkyl halides is 2. The number of carbonyl (C=O) groups excluding carboxylic acids is 1. The topological polar surface area (TPSA) is 72.6 Å². The molecule has 4 heterocycles. The molecular weight excluding hydrogens is 404 g/mol. The van der Waals surface area contributed by atoms with Gasteiger partial charge in [0.1, 0.15) is 5.82 Å². The highest BCUT2D eigenvalue weighted by atomic mass is 19.3. The Morgan fingerprint density at radius 1 is 1.13 bits per heavy atom. The lowest BCUT2D eigenvalue weighted by Crippen LogP contribution is -2.55. The summed E-state index contributed by atoms with van der Waals surface area (Å²) < 4.78 is 36.6. The maximum atomic E-state index is 14.6. The van der Waals surface area contributed by atoms with Crippen LogP contribution in [0.5, 0.6) is 5.88 Å². The number of rotatable bonds is 3. The number of aromatic nitrogens is 4. The van der Waals surface area contributed by atoms with Crippen LogP contribution >= 0.6 is 0 Å². The van der Waals surface area contributed by atoms with Crippen molar-refractivity contribution in [1.82, 2.24) is 24.5 Å². The predicted molar refractivity (Wildman–Crippen MR) is 109 cm³/mol. The number of para-hydroxylation sites is 1. The number of amides is 1. The van der Waals surface area contributed by atoms with E-state index in [9.17, 15) is 13.6 Å². The Balaban J connectivity index is 1.41. The molecule has 0 N–H and O–H groups in total. The minimum absolute atomic E-state index is 0.0784. The summed E-state index contributed by atoms with van der Waals surface area (Å²) in [4.78, 5) is 18.8. The fourth-order valence-electron chi connectivity index (χ4n) is 3.81. The first-order valence-corrected chi connectivity index (χ1v) is 9.92. The minimum atomic E-state index is -3.08. The molecule has 1 aliphatic heterocycles. The molecule has 0 aliphatic carbocycles. The van der Waals surface area contributed by atoms with Crippen molar-refractivity contribution >= 4 is 22.5 Å². The molecule has 1 saturated heterocycles. The van der Waals surface area contributed by atoms with Crippen molar-refractivity contribution in [2.45, 2.75) is 25.4 Å². The molecule has 158 valence electrons. The van der Waals surface area contributed by atoms with Gasteiger partial charge in [0.05, 0.1) is 17.6 Å². The molecule has 7 nitrogen and oxygen atoms in total. The van der Waals surface area contributed by atoms with Crippen LogP contribution in [0.1, 0.15) is 22.6 Å². The summed E-state index contributed by atoms with van der Waals surface area (Å²) in [6.07, 6.45) is -0.243. The zero-order valence-electron chi connectivity index (χ0n) is 16.7. The molecule has 31 heavy (non-hydrogen) atoms. The number of fused-ring (bicyclic) bond motifs is 2. The van der Waals surface area contributed by atoms with E-state index < -0.39 is 18.4 Å². The van der Waals surface area contributed by atoms with Crippen LogP contribution in [0.4, 0.5) is 8.78 Å². The summed E-state index contributed by atoms with van der Waals surface area (Å²) in [6, 6.07) is 14.0. The van der Waals surface area contributed by atoms with Crippen LogP contribution in [-0.4, -0.2) is 55.5 Å². The Morgan fingerprint density at radius 3 is 2.84 bits per heavy atom. The van der Waals surface area contributed by atoms with E-state index in [2.05, 4.69) is 15.2 Å². The van der Waals surface area contributed by atoms with Crippen molar-refractivity contribution in [1.29, 1.82) is 0 Å². The molecule has 0 saturated carbocycles. The molecule has 1 aromatic carbocycles. The number of piperidine rings is 1. The van der Waals surface area contributed by atoms with Crippen LogP contribution in [0.2, 0.25) is 0 Å². The number of hydrogen-bond acceptors (Lipinski definition) is 5. The second-order valence-electron chi connectivity index (χ2n) is 7.57. The number of nitrogens with zero attached hydrogens (tertiary/aromatic N) is 5. The lowest BCUT2D eigenvalue weighted by Gasteiger charge is -2.37. The average Bonchev–Trinajstić information content (AvgIpc) is 3.15. The van der Waals surface area contributed by atoms with Gasteiger partial charge >= 0.3 is 0 Å². The van der Waals surface area contributed by atoms with Gasteiger partial charge in [-0.25, -0.2) is 13.8 Å². The standard InChI is InChI=1S/C22H19F2N5O2/c1-14-26-27-20-16(6-4-11-29(14)20)21(30)28-12-10-22(23,24)18(13-28)31-19-9-8-15-5-2-3-7-17(15)25-19/h2-9,11,18H,10,12-13H2,1H3. The summed E-state index contributed by atoms with van der Waals surface area (Å²) in [5.74, 6) is -2.72. The molecule has 3 aromatic heterocycles. The highest BCUT2D eigenvalue weighted by molar-refractivity contribution is 5.99. The summed E-state index contributed by atoms with van der Waals surface area (Å²) in [5.41, 5.74) is 1.37. The van der Waals surface area contributed by atoms with Gasteiger partial charge in [-0.05, 0) is 31.2 Å². The fraction of sp³-hybridized carbons (Fsp3) is 0.273. The summed E-state index contributed by atoms with van der Waals surface area (Å²) in [6.45, 7) is 1.44. The van der Waals surface area contributed by atoms with Crippen LogP contribution in [-0.2, 0) is 0 Å². The van der Waals surface area contributed by atoms with Gasteiger partial charge in [-0.15, -0.1) is 10.2 Å². The largest absolute Gasteiger partial charge is 0.466 e. The average molecular weight is 423 g/mol. The second kappa shape index (κ2) is 7.26. The molecule has 0 radical (unpaired) electrons. The zero-order valence-corrected chi connectivity index (χ0v) is 16.7. The van der Waals surface area contributed by atoms with Gasteiger partial charge in [0.15, 0.2) is 11.8 Å². The highest BCUT2D eigenvalue weighted by Gasteiger charge is 2.47. The first-order valence-electron chi connectivity index (χ1n) is 9.92. The van der Waals surface area contributed by atoms with E-state index >= 15 is 0 Å². The first-order chi connectivity index (χ1) is 14.9. The van der Waals surface area contributed by atoms with E-state index in [0.717, 1.165) is 5.39 Å². The van der Waals surface area contributed by atoms with Gasteiger partial charge in [0.2, 0.25) is 5.88 Å². The number of aryl methyl sites for hydroxylation is 1. The number of benzene rings is 1.